The molecule has 0 spiro atoms. The van der Waals surface area contributed by atoms with Gasteiger partial charge in [0.2, 0.25) is 0 Å². The van der Waals surface area contributed by atoms with Gasteiger partial charge >= 0.3 is 18.3 Å². The number of carbonyl (C=O) groups excluding carboxylic acids is 2. The lowest BCUT2D eigenvalue weighted by Crippen LogP contribution is -2.20. The standard InChI is InChI=1S/C11H6F6O3/c1-20-9(19)8-5(4-18)6(10(12,13)14)2-3-7(8)11(15,16)17/h2-4H,1H3. The van der Waals surface area contributed by atoms with E-state index in [2.05, 4.69) is 4.74 Å². The van der Waals surface area contributed by atoms with Crippen molar-refractivity contribution in [3.8, 4) is 0 Å². The van der Waals surface area contributed by atoms with Crippen LogP contribution in [0.3, 0.4) is 0 Å². The second-order valence-corrected chi connectivity index (χ2v) is 3.55. The molecule has 1 aromatic carbocycles. The molecule has 0 aliphatic carbocycles. The van der Waals surface area contributed by atoms with Crippen LogP contribution in [-0.2, 0) is 17.1 Å². The molecule has 0 heterocycles. The molecule has 0 amide bonds. The van der Waals surface area contributed by atoms with E-state index in [1.807, 2.05) is 0 Å². The summed E-state index contributed by atoms with van der Waals surface area (Å²) in [6.07, 6.45) is -10.6. The van der Waals surface area contributed by atoms with Gasteiger partial charge in [0, 0.05) is 5.56 Å². The fourth-order valence-electron chi connectivity index (χ4n) is 1.55. The maximum atomic E-state index is 12.7. The Hall–Kier alpha value is -2.06. The summed E-state index contributed by atoms with van der Waals surface area (Å²) in [5.41, 5.74) is -6.16. The lowest BCUT2D eigenvalue weighted by atomic mass is 9.96. The van der Waals surface area contributed by atoms with Crippen molar-refractivity contribution in [2.45, 2.75) is 12.4 Å². The molecule has 0 N–H and O–H groups in total. The summed E-state index contributed by atoms with van der Waals surface area (Å²) in [7, 11) is 0.692. The van der Waals surface area contributed by atoms with Crippen molar-refractivity contribution >= 4 is 12.3 Å². The number of aldehydes is 1. The third kappa shape index (κ3) is 2.91. The summed E-state index contributed by atoms with van der Waals surface area (Å²) in [6.45, 7) is 0. The van der Waals surface area contributed by atoms with E-state index in [1.54, 1.807) is 0 Å². The molecule has 0 aliphatic heterocycles. The molecule has 110 valence electrons. The van der Waals surface area contributed by atoms with Crippen molar-refractivity contribution in [1.29, 1.82) is 0 Å². The number of carbonyl (C=O) groups is 2. The minimum Gasteiger partial charge on any atom is -0.465 e. The van der Waals surface area contributed by atoms with Crippen LogP contribution in [0, 0.1) is 0 Å². The van der Waals surface area contributed by atoms with Gasteiger partial charge in [-0.1, -0.05) is 0 Å². The van der Waals surface area contributed by atoms with Gasteiger partial charge in [0.25, 0.3) is 0 Å². The molecule has 0 unspecified atom stereocenters. The van der Waals surface area contributed by atoms with E-state index < -0.39 is 46.9 Å². The Morgan fingerprint density at radius 2 is 1.50 bits per heavy atom. The quantitative estimate of drug-likeness (QED) is 0.478. The van der Waals surface area contributed by atoms with Gasteiger partial charge in [-0.15, -0.1) is 0 Å². The minimum absolute atomic E-state index is 0.0854. The first-order chi connectivity index (χ1) is 9.04. The zero-order valence-corrected chi connectivity index (χ0v) is 9.72. The molecular weight excluding hydrogens is 294 g/mol. The molecule has 0 aliphatic rings. The molecule has 0 saturated carbocycles. The van der Waals surface area contributed by atoms with Crippen LogP contribution in [0.15, 0.2) is 12.1 Å². The van der Waals surface area contributed by atoms with E-state index in [0.717, 1.165) is 0 Å². The fourth-order valence-corrected chi connectivity index (χ4v) is 1.55. The van der Waals surface area contributed by atoms with E-state index >= 15 is 0 Å². The Morgan fingerprint density at radius 1 is 1.05 bits per heavy atom. The van der Waals surface area contributed by atoms with E-state index in [-0.39, 0.29) is 12.1 Å². The Kier molecular flexibility index (Phi) is 4.11. The molecule has 9 heteroatoms. The number of hydrogen-bond donors (Lipinski definition) is 0. The minimum atomic E-state index is -5.11. The van der Waals surface area contributed by atoms with Crippen molar-refractivity contribution in [3.05, 3.63) is 34.4 Å². The smallest absolute Gasteiger partial charge is 0.417 e. The molecule has 20 heavy (non-hydrogen) atoms. The van der Waals surface area contributed by atoms with Crippen LogP contribution >= 0.6 is 0 Å². The van der Waals surface area contributed by atoms with Crippen LogP contribution in [-0.4, -0.2) is 19.4 Å². The van der Waals surface area contributed by atoms with Crippen molar-refractivity contribution in [3.63, 3.8) is 0 Å². The summed E-state index contributed by atoms with van der Waals surface area (Å²) in [4.78, 5) is 22.0. The third-order valence-electron chi connectivity index (χ3n) is 2.36. The zero-order valence-electron chi connectivity index (χ0n) is 9.72. The molecule has 0 atom stereocenters. The molecule has 0 radical (unpaired) electrons. The number of hydrogen-bond acceptors (Lipinski definition) is 3. The predicted molar refractivity (Wildman–Crippen MR) is 53.2 cm³/mol. The van der Waals surface area contributed by atoms with Gasteiger partial charge in [-0.3, -0.25) is 4.79 Å². The topological polar surface area (TPSA) is 43.4 Å². The molecule has 0 aromatic heterocycles. The van der Waals surface area contributed by atoms with Crippen LogP contribution in [0.25, 0.3) is 0 Å². The second-order valence-electron chi connectivity index (χ2n) is 3.55. The molecule has 0 saturated heterocycles. The maximum absolute atomic E-state index is 12.7. The Bertz CT molecular complexity index is 544. The molecule has 1 aromatic rings. The Morgan fingerprint density at radius 3 is 1.85 bits per heavy atom. The van der Waals surface area contributed by atoms with Gasteiger partial charge in [0.1, 0.15) is 0 Å². The first kappa shape index (κ1) is 16.0. The normalized spacial score (nSPS) is 12.2. The van der Waals surface area contributed by atoms with Crippen molar-refractivity contribution in [1.82, 2.24) is 0 Å². The highest BCUT2D eigenvalue weighted by atomic mass is 19.4. The first-order valence-corrected chi connectivity index (χ1v) is 4.89. The predicted octanol–water partition coefficient (Wildman–Crippen LogP) is 3.32. The van der Waals surface area contributed by atoms with E-state index in [0.29, 0.717) is 7.11 Å². The molecule has 1 rings (SSSR count). The molecular formula is C11H6F6O3. The Balaban J connectivity index is 3.78. The Labute approximate surface area is 108 Å². The fraction of sp³-hybridized carbons (Fsp3) is 0.273. The highest BCUT2D eigenvalue weighted by Gasteiger charge is 2.42. The average molecular weight is 300 g/mol. The molecule has 0 fully saturated rings. The number of halogens is 6. The highest BCUT2D eigenvalue weighted by Crippen LogP contribution is 2.39. The van der Waals surface area contributed by atoms with Gasteiger partial charge in [0.15, 0.2) is 6.29 Å². The van der Waals surface area contributed by atoms with Crippen molar-refractivity contribution < 1.29 is 40.7 Å². The van der Waals surface area contributed by atoms with Gasteiger partial charge in [-0.2, -0.15) is 26.3 Å². The van der Waals surface area contributed by atoms with E-state index in [9.17, 15) is 35.9 Å². The first-order valence-electron chi connectivity index (χ1n) is 4.89. The number of methoxy groups -OCH3 is 1. The third-order valence-corrected chi connectivity index (χ3v) is 2.36. The number of alkyl halides is 6. The maximum Gasteiger partial charge on any atom is 0.417 e. The SMILES string of the molecule is COC(=O)c1c(C(F)(F)F)ccc(C(F)(F)F)c1C=O. The monoisotopic (exact) mass is 300 g/mol. The van der Waals surface area contributed by atoms with Crippen LogP contribution in [0.1, 0.15) is 31.8 Å². The highest BCUT2D eigenvalue weighted by molar-refractivity contribution is 6.00. The summed E-state index contributed by atoms with van der Waals surface area (Å²) in [6, 6.07) is 0.182. The van der Waals surface area contributed by atoms with E-state index in [4.69, 9.17) is 0 Å². The zero-order chi connectivity index (χ0) is 15.7. The average Bonchev–Trinajstić information content (AvgIpc) is 2.33. The van der Waals surface area contributed by atoms with Crippen LogP contribution in [0.2, 0.25) is 0 Å². The van der Waals surface area contributed by atoms with Gasteiger partial charge in [-0.25, -0.2) is 4.79 Å². The summed E-state index contributed by atoms with van der Waals surface area (Å²) in [5, 5.41) is 0. The summed E-state index contributed by atoms with van der Waals surface area (Å²) < 4.78 is 79.9. The van der Waals surface area contributed by atoms with Gasteiger partial charge in [0.05, 0.1) is 23.8 Å². The largest absolute Gasteiger partial charge is 0.465 e. The van der Waals surface area contributed by atoms with Crippen molar-refractivity contribution in [2.75, 3.05) is 7.11 Å². The molecule has 3 nitrogen and oxygen atoms in total. The second kappa shape index (κ2) is 5.14. The van der Waals surface area contributed by atoms with Crippen LogP contribution in [0.4, 0.5) is 26.3 Å². The number of esters is 1. The van der Waals surface area contributed by atoms with Gasteiger partial charge in [-0.05, 0) is 12.1 Å². The lowest BCUT2D eigenvalue weighted by Gasteiger charge is -2.17. The molecule has 0 bridgehead atoms. The number of benzene rings is 1. The number of rotatable bonds is 2. The van der Waals surface area contributed by atoms with Crippen LogP contribution in [0.5, 0.6) is 0 Å². The van der Waals surface area contributed by atoms with Crippen LogP contribution < -0.4 is 0 Å². The van der Waals surface area contributed by atoms with Gasteiger partial charge < -0.3 is 4.74 Å². The van der Waals surface area contributed by atoms with E-state index in [1.165, 1.54) is 0 Å². The lowest BCUT2D eigenvalue weighted by molar-refractivity contribution is -0.141. The van der Waals surface area contributed by atoms with Crippen molar-refractivity contribution in [2.24, 2.45) is 0 Å². The number of ether oxygens (including phenoxy) is 1. The summed E-state index contributed by atoms with van der Waals surface area (Å²) >= 11 is 0. The summed E-state index contributed by atoms with van der Waals surface area (Å²) in [5.74, 6) is -1.68.